The van der Waals surface area contributed by atoms with Gasteiger partial charge in [0.25, 0.3) is 0 Å². The van der Waals surface area contributed by atoms with Gasteiger partial charge in [-0.3, -0.25) is 5.32 Å². The Morgan fingerprint density at radius 2 is 2.00 bits per heavy atom. The highest BCUT2D eigenvalue weighted by atomic mass is 16.5. The number of nitrogens with zero attached hydrogens (tertiary/aromatic N) is 2. The summed E-state index contributed by atoms with van der Waals surface area (Å²) in [7, 11) is 3.32. The summed E-state index contributed by atoms with van der Waals surface area (Å²) in [6, 6.07) is 9.36. The van der Waals surface area contributed by atoms with Crippen molar-refractivity contribution < 1.29 is 9.32 Å². The highest BCUT2D eigenvalue weighted by molar-refractivity contribution is 5.91. The van der Waals surface area contributed by atoms with E-state index in [1.807, 2.05) is 30.3 Å². The van der Waals surface area contributed by atoms with Crippen LogP contribution in [0.4, 0.5) is 10.7 Å². The van der Waals surface area contributed by atoms with Gasteiger partial charge in [0, 0.05) is 14.1 Å². The van der Waals surface area contributed by atoms with E-state index in [0.29, 0.717) is 5.88 Å². The van der Waals surface area contributed by atoms with Crippen LogP contribution in [0.25, 0.3) is 11.1 Å². The monoisotopic (exact) mass is 231 g/mol. The lowest BCUT2D eigenvalue weighted by atomic mass is 10.1. The second kappa shape index (κ2) is 4.69. The van der Waals surface area contributed by atoms with E-state index in [2.05, 4.69) is 10.5 Å². The Labute approximate surface area is 99.0 Å². The molecule has 88 valence electrons. The van der Waals surface area contributed by atoms with Gasteiger partial charge in [-0.15, -0.1) is 0 Å². The highest BCUT2D eigenvalue weighted by Crippen LogP contribution is 2.27. The lowest BCUT2D eigenvalue weighted by Crippen LogP contribution is -2.27. The van der Waals surface area contributed by atoms with Crippen molar-refractivity contribution in [3.8, 4) is 11.1 Å². The fourth-order valence-corrected chi connectivity index (χ4v) is 1.36. The molecule has 0 radical (unpaired) electrons. The van der Waals surface area contributed by atoms with Crippen LogP contribution < -0.4 is 5.32 Å². The number of carbonyl (C=O) groups excluding carboxylic acids is 1. The standard InChI is InChI=1S/C12H13N3O2/c1-15(2)12(16)14-11-10(8-13-17-11)9-6-4-3-5-7-9/h3-8H,1-2H3,(H,14,16). The normalized spacial score (nSPS) is 10.0. The molecular formula is C12H13N3O2. The summed E-state index contributed by atoms with van der Waals surface area (Å²) in [6.07, 6.45) is 1.58. The van der Waals surface area contributed by atoms with Crippen LogP contribution in [0, 0.1) is 0 Å². The molecular weight excluding hydrogens is 218 g/mol. The van der Waals surface area contributed by atoms with E-state index in [0.717, 1.165) is 11.1 Å². The fraction of sp³-hybridized carbons (Fsp3) is 0.167. The summed E-state index contributed by atoms with van der Waals surface area (Å²) < 4.78 is 5.03. The van der Waals surface area contributed by atoms with Crippen LogP contribution in [0.3, 0.4) is 0 Å². The van der Waals surface area contributed by atoms with Crippen molar-refractivity contribution in [2.75, 3.05) is 19.4 Å². The first-order valence-electron chi connectivity index (χ1n) is 5.17. The summed E-state index contributed by atoms with van der Waals surface area (Å²) >= 11 is 0. The van der Waals surface area contributed by atoms with Crippen molar-refractivity contribution in [2.45, 2.75) is 0 Å². The van der Waals surface area contributed by atoms with Crippen LogP contribution in [-0.4, -0.2) is 30.2 Å². The van der Waals surface area contributed by atoms with E-state index in [1.165, 1.54) is 4.90 Å². The van der Waals surface area contributed by atoms with Crippen LogP contribution in [0.1, 0.15) is 0 Å². The van der Waals surface area contributed by atoms with Gasteiger partial charge in [-0.2, -0.15) is 0 Å². The number of aromatic nitrogens is 1. The topological polar surface area (TPSA) is 58.4 Å². The number of urea groups is 1. The third-order valence-electron chi connectivity index (χ3n) is 2.28. The van der Waals surface area contributed by atoms with Gasteiger partial charge in [0.05, 0.1) is 11.8 Å². The molecule has 0 aliphatic rings. The first-order valence-corrected chi connectivity index (χ1v) is 5.17. The van der Waals surface area contributed by atoms with Crippen molar-refractivity contribution in [3.05, 3.63) is 36.5 Å². The largest absolute Gasteiger partial charge is 0.338 e. The van der Waals surface area contributed by atoms with E-state index in [-0.39, 0.29) is 6.03 Å². The number of hydrogen-bond acceptors (Lipinski definition) is 3. The first kappa shape index (κ1) is 11.2. The second-order valence-corrected chi connectivity index (χ2v) is 3.76. The van der Waals surface area contributed by atoms with Crippen molar-refractivity contribution in [1.82, 2.24) is 10.1 Å². The number of amides is 2. The van der Waals surface area contributed by atoms with Crippen LogP contribution in [0.15, 0.2) is 41.1 Å². The van der Waals surface area contributed by atoms with E-state index in [4.69, 9.17) is 4.52 Å². The SMILES string of the molecule is CN(C)C(=O)Nc1oncc1-c1ccccc1. The maximum atomic E-state index is 11.5. The number of carbonyl (C=O) groups is 1. The molecule has 5 heteroatoms. The predicted molar refractivity (Wildman–Crippen MR) is 64.6 cm³/mol. The molecule has 1 aromatic heterocycles. The Kier molecular flexibility index (Phi) is 3.09. The maximum absolute atomic E-state index is 11.5. The van der Waals surface area contributed by atoms with Crippen molar-refractivity contribution in [3.63, 3.8) is 0 Å². The quantitative estimate of drug-likeness (QED) is 0.863. The van der Waals surface area contributed by atoms with Gasteiger partial charge in [-0.1, -0.05) is 35.5 Å². The van der Waals surface area contributed by atoms with Crippen molar-refractivity contribution in [1.29, 1.82) is 0 Å². The molecule has 2 rings (SSSR count). The molecule has 0 saturated heterocycles. The average molecular weight is 231 g/mol. The molecule has 1 heterocycles. The lowest BCUT2D eigenvalue weighted by molar-refractivity contribution is 0.229. The molecule has 0 unspecified atom stereocenters. The minimum absolute atomic E-state index is 0.251. The van der Waals surface area contributed by atoms with Crippen LogP contribution in [0.2, 0.25) is 0 Å². The van der Waals surface area contributed by atoms with Gasteiger partial charge < -0.3 is 9.42 Å². The average Bonchev–Trinajstić information content (AvgIpc) is 2.78. The number of rotatable bonds is 2. The summed E-state index contributed by atoms with van der Waals surface area (Å²) in [6.45, 7) is 0. The summed E-state index contributed by atoms with van der Waals surface area (Å²) in [5, 5.41) is 6.35. The molecule has 2 amide bonds. The Balaban J connectivity index is 2.27. The molecule has 0 spiro atoms. The Morgan fingerprint density at radius 1 is 1.29 bits per heavy atom. The third-order valence-corrected chi connectivity index (χ3v) is 2.28. The summed E-state index contributed by atoms with van der Waals surface area (Å²) in [4.78, 5) is 12.9. The van der Waals surface area contributed by atoms with Gasteiger partial charge in [-0.05, 0) is 5.56 Å². The van der Waals surface area contributed by atoms with Gasteiger partial charge >= 0.3 is 6.03 Å². The van der Waals surface area contributed by atoms with Gasteiger partial charge in [-0.25, -0.2) is 4.79 Å². The number of benzene rings is 1. The third kappa shape index (κ3) is 2.44. The minimum Gasteiger partial charge on any atom is -0.338 e. The van der Waals surface area contributed by atoms with Gasteiger partial charge in [0.2, 0.25) is 5.88 Å². The number of hydrogen-bond donors (Lipinski definition) is 1. The molecule has 0 fully saturated rings. The molecule has 0 aliphatic carbocycles. The van der Waals surface area contributed by atoms with Crippen LogP contribution >= 0.6 is 0 Å². The van der Waals surface area contributed by atoms with E-state index in [1.54, 1.807) is 20.3 Å². The Hall–Kier alpha value is -2.30. The zero-order chi connectivity index (χ0) is 12.3. The first-order chi connectivity index (χ1) is 8.18. The molecule has 2 aromatic rings. The van der Waals surface area contributed by atoms with Crippen LogP contribution in [0.5, 0.6) is 0 Å². The summed E-state index contributed by atoms with van der Waals surface area (Å²) in [5.74, 6) is 0.356. The van der Waals surface area contributed by atoms with Crippen molar-refractivity contribution >= 4 is 11.9 Å². The maximum Gasteiger partial charge on any atom is 0.323 e. The molecule has 1 aromatic carbocycles. The fourth-order valence-electron chi connectivity index (χ4n) is 1.36. The van der Waals surface area contributed by atoms with Crippen molar-refractivity contribution in [2.24, 2.45) is 0 Å². The molecule has 0 saturated carbocycles. The molecule has 0 bridgehead atoms. The zero-order valence-corrected chi connectivity index (χ0v) is 9.68. The molecule has 1 N–H and O–H groups in total. The predicted octanol–water partition coefficient (Wildman–Crippen LogP) is 2.44. The highest BCUT2D eigenvalue weighted by Gasteiger charge is 2.13. The minimum atomic E-state index is -0.251. The summed E-state index contributed by atoms with van der Waals surface area (Å²) in [5.41, 5.74) is 1.71. The second-order valence-electron chi connectivity index (χ2n) is 3.76. The lowest BCUT2D eigenvalue weighted by Gasteiger charge is -2.10. The molecule has 0 aliphatic heterocycles. The Morgan fingerprint density at radius 3 is 2.65 bits per heavy atom. The van der Waals surface area contributed by atoms with Gasteiger partial charge in [0.1, 0.15) is 0 Å². The molecule has 0 atom stereocenters. The van der Waals surface area contributed by atoms with Crippen LogP contribution in [-0.2, 0) is 0 Å². The van der Waals surface area contributed by atoms with E-state index < -0.39 is 0 Å². The number of nitrogens with one attached hydrogen (secondary N) is 1. The smallest absolute Gasteiger partial charge is 0.323 e. The molecule has 5 nitrogen and oxygen atoms in total. The zero-order valence-electron chi connectivity index (χ0n) is 9.68. The Bertz CT molecular complexity index is 505. The molecule has 17 heavy (non-hydrogen) atoms. The number of anilines is 1. The van der Waals surface area contributed by atoms with Gasteiger partial charge in [0.15, 0.2) is 0 Å². The van der Waals surface area contributed by atoms with E-state index >= 15 is 0 Å². The van der Waals surface area contributed by atoms with E-state index in [9.17, 15) is 4.79 Å².